The lowest BCUT2D eigenvalue weighted by atomic mass is 9.88. The van der Waals surface area contributed by atoms with Crippen LogP contribution in [0, 0.1) is 11.3 Å². The highest BCUT2D eigenvalue weighted by molar-refractivity contribution is 7.08. The van der Waals surface area contributed by atoms with Gasteiger partial charge in [-0.2, -0.15) is 0 Å². The third-order valence-electron chi connectivity index (χ3n) is 3.03. The molecule has 13 heavy (non-hydrogen) atoms. The molecule has 0 radical (unpaired) electrons. The van der Waals surface area contributed by atoms with Crippen LogP contribution in [0.3, 0.4) is 0 Å². The number of nitrogen functional groups attached to an aromatic ring is 1. The number of rotatable bonds is 1. The van der Waals surface area contributed by atoms with Gasteiger partial charge in [0.05, 0.1) is 0 Å². The van der Waals surface area contributed by atoms with Crippen molar-refractivity contribution in [3.8, 4) is 0 Å². The number of nitrogens with two attached hydrogens (primary N) is 1. The maximum atomic E-state index is 5.90. The Hall–Kier alpha value is -0.500. The van der Waals surface area contributed by atoms with Crippen molar-refractivity contribution in [2.24, 2.45) is 11.3 Å². The van der Waals surface area contributed by atoms with Gasteiger partial charge < -0.3 is 5.73 Å². The molecule has 2 unspecified atom stereocenters. The lowest BCUT2D eigenvalue weighted by Crippen LogP contribution is -2.09. The quantitative estimate of drug-likeness (QED) is 0.729. The van der Waals surface area contributed by atoms with Crippen molar-refractivity contribution in [3.63, 3.8) is 0 Å². The van der Waals surface area contributed by atoms with Gasteiger partial charge in [-0.3, -0.25) is 0 Å². The summed E-state index contributed by atoms with van der Waals surface area (Å²) in [5, 5.41) is 4.26. The summed E-state index contributed by atoms with van der Waals surface area (Å²) in [4.78, 5) is 0. The number of anilines is 1. The van der Waals surface area contributed by atoms with Crippen LogP contribution in [0.1, 0.15) is 38.7 Å². The van der Waals surface area contributed by atoms with E-state index < -0.39 is 0 Å². The molecule has 1 saturated carbocycles. The van der Waals surface area contributed by atoms with Gasteiger partial charge in [0.1, 0.15) is 0 Å². The van der Waals surface area contributed by atoms with E-state index in [1.165, 1.54) is 12.0 Å². The van der Waals surface area contributed by atoms with E-state index in [4.69, 9.17) is 5.73 Å². The summed E-state index contributed by atoms with van der Waals surface area (Å²) >= 11 is 1.72. The van der Waals surface area contributed by atoms with Gasteiger partial charge in [0.2, 0.25) is 0 Å². The molecule has 1 aliphatic rings. The molecule has 1 nitrogen and oxygen atoms in total. The molecule has 2 N–H and O–H groups in total. The zero-order valence-corrected chi connectivity index (χ0v) is 9.32. The molecule has 0 bridgehead atoms. The summed E-state index contributed by atoms with van der Waals surface area (Å²) in [5.41, 5.74) is 8.74. The molecule has 1 aliphatic carbocycles. The highest BCUT2D eigenvalue weighted by Crippen LogP contribution is 2.58. The Balaban J connectivity index is 2.13. The summed E-state index contributed by atoms with van der Waals surface area (Å²) < 4.78 is 0. The minimum atomic E-state index is 0.443. The van der Waals surface area contributed by atoms with Gasteiger partial charge in [-0.15, -0.1) is 11.3 Å². The van der Waals surface area contributed by atoms with Gasteiger partial charge in [0, 0.05) is 11.1 Å². The normalized spacial score (nSPS) is 27.6. The smallest absolute Gasteiger partial charge is 0.0458 e. The van der Waals surface area contributed by atoms with Crippen molar-refractivity contribution in [1.82, 2.24) is 0 Å². The lowest BCUT2D eigenvalue weighted by molar-refractivity contribution is 0.343. The second kappa shape index (κ2) is 2.74. The van der Waals surface area contributed by atoms with E-state index in [9.17, 15) is 0 Å². The molecule has 0 aliphatic heterocycles. The summed E-state index contributed by atoms with van der Waals surface area (Å²) in [7, 11) is 0. The Morgan fingerprint density at radius 1 is 1.38 bits per heavy atom. The van der Waals surface area contributed by atoms with Crippen LogP contribution in [0.4, 0.5) is 5.69 Å². The molecule has 2 atom stereocenters. The van der Waals surface area contributed by atoms with Crippen LogP contribution in [0.15, 0.2) is 10.8 Å². The average molecular weight is 195 g/mol. The SMILES string of the molecule is CC(C)(C)C1CC1c1cscc1N. The van der Waals surface area contributed by atoms with Gasteiger partial charge in [-0.25, -0.2) is 0 Å². The van der Waals surface area contributed by atoms with Gasteiger partial charge in [-0.05, 0) is 34.6 Å². The molecule has 2 rings (SSSR count). The molecule has 0 saturated heterocycles. The number of hydrogen-bond donors (Lipinski definition) is 1. The van der Waals surface area contributed by atoms with Crippen LogP contribution in [-0.2, 0) is 0 Å². The summed E-state index contributed by atoms with van der Waals surface area (Å²) in [6.07, 6.45) is 1.32. The monoisotopic (exact) mass is 195 g/mol. The largest absolute Gasteiger partial charge is 0.398 e. The first-order valence-corrected chi connectivity index (χ1v) is 5.76. The average Bonchev–Trinajstić information content (AvgIpc) is 2.69. The van der Waals surface area contributed by atoms with Crippen LogP contribution in [0.5, 0.6) is 0 Å². The predicted molar refractivity (Wildman–Crippen MR) is 59.0 cm³/mol. The molecule has 0 spiro atoms. The van der Waals surface area contributed by atoms with Crippen LogP contribution in [0.2, 0.25) is 0 Å². The topological polar surface area (TPSA) is 26.0 Å². The Bertz CT molecular complexity index is 308. The van der Waals surface area contributed by atoms with Gasteiger partial charge >= 0.3 is 0 Å². The fourth-order valence-corrected chi connectivity index (χ4v) is 2.92. The molecule has 1 heterocycles. The van der Waals surface area contributed by atoms with Crippen LogP contribution < -0.4 is 5.73 Å². The second-order valence-electron chi connectivity index (χ2n) is 5.10. The second-order valence-corrected chi connectivity index (χ2v) is 5.84. The molecule has 1 fully saturated rings. The minimum absolute atomic E-state index is 0.443. The van der Waals surface area contributed by atoms with Crippen molar-refractivity contribution in [2.75, 3.05) is 5.73 Å². The Kier molecular flexibility index (Phi) is 1.91. The number of thiophene rings is 1. The van der Waals surface area contributed by atoms with Crippen LogP contribution >= 0.6 is 11.3 Å². The van der Waals surface area contributed by atoms with Crippen molar-refractivity contribution in [1.29, 1.82) is 0 Å². The van der Waals surface area contributed by atoms with E-state index in [1.54, 1.807) is 11.3 Å². The molecular formula is C11H17NS. The van der Waals surface area contributed by atoms with E-state index >= 15 is 0 Å². The Morgan fingerprint density at radius 2 is 2.08 bits per heavy atom. The summed E-state index contributed by atoms with van der Waals surface area (Å²) in [5.74, 6) is 1.58. The Labute approximate surface area is 84.0 Å². The van der Waals surface area contributed by atoms with Gasteiger partial charge in [0.15, 0.2) is 0 Å². The molecule has 72 valence electrons. The van der Waals surface area contributed by atoms with Crippen LogP contribution in [-0.4, -0.2) is 0 Å². The van der Waals surface area contributed by atoms with E-state index in [-0.39, 0.29) is 0 Å². The molecule has 0 aromatic carbocycles. The maximum absolute atomic E-state index is 5.90. The maximum Gasteiger partial charge on any atom is 0.0458 e. The fourth-order valence-electron chi connectivity index (χ4n) is 2.11. The third kappa shape index (κ3) is 1.60. The fraction of sp³-hybridized carbons (Fsp3) is 0.636. The van der Waals surface area contributed by atoms with Crippen LogP contribution in [0.25, 0.3) is 0 Å². The van der Waals surface area contributed by atoms with Gasteiger partial charge in [0.25, 0.3) is 0 Å². The van der Waals surface area contributed by atoms with Crippen molar-refractivity contribution >= 4 is 17.0 Å². The molecule has 1 aromatic heterocycles. The molecular weight excluding hydrogens is 178 g/mol. The van der Waals surface area contributed by atoms with Crippen molar-refractivity contribution in [2.45, 2.75) is 33.1 Å². The molecule has 0 amide bonds. The first-order valence-electron chi connectivity index (χ1n) is 4.81. The minimum Gasteiger partial charge on any atom is -0.398 e. The third-order valence-corrected chi connectivity index (χ3v) is 3.81. The van der Waals surface area contributed by atoms with E-state index in [2.05, 4.69) is 26.2 Å². The van der Waals surface area contributed by atoms with Crippen molar-refractivity contribution < 1.29 is 0 Å². The van der Waals surface area contributed by atoms with E-state index in [0.717, 1.165) is 17.5 Å². The highest BCUT2D eigenvalue weighted by Gasteiger charge is 2.46. The highest BCUT2D eigenvalue weighted by atomic mass is 32.1. The summed E-state index contributed by atoms with van der Waals surface area (Å²) in [6.45, 7) is 6.96. The zero-order valence-electron chi connectivity index (χ0n) is 8.50. The van der Waals surface area contributed by atoms with Gasteiger partial charge in [-0.1, -0.05) is 20.8 Å². The van der Waals surface area contributed by atoms with E-state index in [0.29, 0.717) is 5.41 Å². The molecule has 1 aromatic rings. The standard InChI is InChI=1S/C11H17NS/c1-11(2,3)9-4-7(9)8-5-13-6-10(8)12/h5-7,9H,4,12H2,1-3H3. The first-order chi connectivity index (χ1) is 6.00. The zero-order chi connectivity index (χ0) is 9.64. The van der Waals surface area contributed by atoms with Crippen molar-refractivity contribution in [3.05, 3.63) is 16.3 Å². The number of hydrogen-bond acceptors (Lipinski definition) is 2. The molecule has 2 heteroatoms. The summed E-state index contributed by atoms with van der Waals surface area (Å²) in [6, 6.07) is 0. The van der Waals surface area contributed by atoms with E-state index in [1.807, 2.05) is 5.38 Å². The Morgan fingerprint density at radius 3 is 2.46 bits per heavy atom. The lowest BCUT2D eigenvalue weighted by Gasteiger charge is -2.17. The first kappa shape index (κ1) is 9.07. The predicted octanol–water partition coefficient (Wildman–Crippen LogP) is 3.48.